The highest BCUT2D eigenvalue weighted by molar-refractivity contribution is 6.27. The fourth-order valence-electron chi connectivity index (χ4n) is 0.805. The summed E-state index contributed by atoms with van der Waals surface area (Å²) in [6.07, 6.45) is 4.32. The third-order valence-corrected chi connectivity index (χ3v) is 1.69. The summed E-state index contributed by atoms with van der Waals surface area (Å²) < 4.78 is 0. The monoisotopic (exact) mass is 191 g/mol. The van der Waals surface area contributed by atoms with E-state index >= 15 is 0 Å². The summed E-state index contributed by atoms with van der Waals surface area (Å²) in [6.45, 7) is 0.657. The molecule has 12 heavy (non-hydrogen) atoms. The Balaban J connectivity index is 3.00. The van der Waals surface area contributed by atoms with Crippen LogP contribution in [0.25, 0.3) is 0 Å². The van der Waals surface area contributed by atoms with Gasteiger partial charge >= 0.3 is 0 Å². The van der Waals surface area contributed by atoms with Gasteiger partial charge in [0.2, 0.25) is 5.91 Å². The Morgan fingerprint density at radius 3 is 2.67 bits per heavy atom. The SMILES string of the molecule is O=CCCCCCNC(=O)CCl. The Morgan fingerprint density at radius 2 is 2.08 bits per heavy atom. The van der Waals surface area contributed by atoms with Crippen LogP contribution >= 0.6 is 11.6 Å². The van der Waals surface area contributed by atoms with Crippen molar-refractivity contribution >= 4 is 23.8 Å². The zero-order chi connectivity index (χ0) is 9.23. The Hall–Kier alpha value is -0.570. The standard InChI is InChI=1S/C8H14ClNO2/c9-7-8(12)10-5-3-1-2-4-6-11/h6H,1-5,7H2,(H,10,12). The first-order valence-corrected chi connectivity index (χ1v) is 4.61. The average Bonchev–Trinajstić information content (AvgIpc) is 2.10. The highest BCUT2D eigenvalue weighted by Gasteiger charge is 1.95. The molecule has 0 radical (unpaired) electrons. The zero-order valence-corrected chi connectivity index (χ0v) is 7.77. The molecule has 0 aromatic carbocycles. The highest BCUT2D eigenvalue weighted by atomic mass is 35.5. The van der Waals surface area contributed by atoms with Crippen molar-refractivity contribution in [2.75, 3.05) is 12.4 Å². The number of nitrogens with one attached hydrogen (secondary N) is 1. The van der Waals surface area contributed by atoms with Gasteiger partial charge < -0.3 is 10.1 Å². The first-order chi connectivity index (χ1) is 5.81. The molecule has 4 heteroatoms. The maximum atomic E-state index is 10.6. The van der Waals surface area contributed by atoms with Gasteiger partial charge in [-0.15, -0.1) is 11.6 Å². The lowest BCUT2D eigenvalue weighted by molar-refractivity contribution is -0.118. The summed E-state index contributed by atoms with van der Waals surface area (Å²) in [7, 11) is 0. The maximum absolute atomic E-state index is 10.6. The minimum absolute atomic E-state index is 0.0222. The van der Waals surface area contributed by atoms with Crippen molar-refractivity contribution in [2.24, 2.45) is 0 Å². The van der Waals surface area contributed by atoms with E-state index in [0.717, 1.165) is 25.5 Å². The molecule has 3 nitrogen and oxygen atoms in total. The molecule has 0 aliphatic carbocycles. The molecule has 0 aromatic rings. The minimum Gasteiger partial charge on any atom is -0.355 e. The van der Waals surface area contributed by atoms with Gasteiger partial charge in [0.05, 0.1) is 0 Å². The quantitative estimate of drug-likeness (QED) is 0.372. The van der Waals surface area contributed by atoms with Gasteiger partial charge in [-0.2, -0.15) is 0 Å². The number of carbonyl (C=O) groups is 2. The van der Waals surface area contributed by atoms with Crippen molar-refractivity contribution in [2.45, 2.75) is 25.7 Å². The maximum Gasteiger partial charge on any atom is 0.234 e. The number of hydrogen-bond donors (Lipinski definition) is 1. The van der Waals surface area contributed by atoms with E-state index in [2.05, 4.69) is 5.32 Å². The number of alkyl halides is 1. The number of halogens is 1. The molecule has 0 aliphatic heterocycles. The normalized spacial score (nSPS) is 9.42. The van der Waals surface area contributed by atoms with Gasteiger partial charge in [0, 0.05) is 13.0 Å². The highest BCUT2D eigenvalue weighted by Crippen LogP contribution is 1.95. The van der Waals surface area contributed by atoms with E-state index in [1.54, 1.807) is 0 Å². The first-order valence-electron chi connectivity index (χ1n) is 4.07. The number of rotatable bonds is 7. The Bertz CT molecular complexity index is 139. The Labute approximate surface area is 77.5 Å². The second-order valence-electron chi connectivity index (χ2n) is 2.50. The molecule has 0 aromatic heterocycles. The van der Waals surface area contributed by atoms with Crippen LogP contribution in [0.2, 0.25) is 0 Å². The van der Waals surface area contributed by atoms with Crippen molar-refractivity contribution in [3.63, 3.8) is 0 Å². The number of hydrogen-bond acceptors (Lipinski definition) is 2. The zero-order valence-electron chi connectivity index (χ0n) is 7.01. The minimum atomic E-state index is -0.132. The molecule has 0 saturated heterocycles. The predicted molar refractivity (Wildman–Crippen MR) is 48.3 cm³/mol. The van der Waals surface area contributed by atoms with E-state index in [1.165, 1.54) is 0 Å². The lowest BCUT2D eigenvalue weighted by Crippen LogP contribution is -2.25. The molecule has 1 amide bonds. The van der Waals surface area contributed by atoms with Gasteiger partial charge in [-0.05, 0) is 12.8 Å². The van der Waals surface area contributed by atoms with Crippen molar-refractivity contribution in [3.8, 4) is 0 Å². The van der Waals surface area contributed by atoms with Gasteiger partial charge in [-0.1, -0.05) is 6.42 Å². The number of aldehydes is 1. The Morgan fingerprint density at radius 1 is 1.33 bits per heavy atom. The van der Waals surface area contributed by atoms with Crippen LogP contribution in [0.3, 0.4) is 0 Å². The van der Waals surface area contributed by atoms with Crippen LogP contribution in [0.4, 0.5) is 0 Å². The number of carbonyl (C=O) groups excluding carboxylic acids is 2. The fourth-order valence-corrected chi connectivity index (χ4v) is 0.899. The second kappa shape index (κ2) is 8.53. The second-order valence-corrected chi connectivity index (χ2v) is 2.77. The first kappa shape index (κ1) is 11.4. The van der Waals surface area contributed by atoms with Crippen LogP contribution in [0.1, 0.15) is 25.7 Å². The topological polar surface area (TPSA) is 46.2 Å². The lowest BCUT2D eigenvalue weighted by Gasteiger charge is -2.00. The molecule has 0 atom stereocenters. The molecule has 0 bridgehead atoms. The number of amides is 1. The van der Waals surface area contributed by atoms with Gasteiger partial charge in [0.25, 0.3) is 0 Å². The van der Waals surface area contributed by atoms with E-state index in [1.807, 2.05) is 0 Å². The van der Waals surface area contributed by atoms with Crippen LogP contribution in [0.5, 0.6) is 0 Å². The van der Waals surface area contributed by atoms with E-state index in [-0.39, 0.29) is 11.8 Å². The van der Waals surface area contributed by atoms with Crippen molar-refractivity contribution in [3.05, 3.63) is 0 Å². The summed E-state index contributed by atoms with van der Waals surface area (Å²) in [5.41, 5.74) is 0. The molecule has 0 aliphatic rings. The number of unbranched alkanes of at least 4 members (excludes halogenated alkanes) is 3. The van der Waals surface area contributed by atoms with Gasteiger partial charge in [-0.3, -0.25) is 4.79 Å². The smallest absolute Gasteiger partial charge is 0.234 e. The van der Waals surface area contributed by atoms with Crippen LogP contribution < -0.4 is 5.32 Å². The van der Waals surface area contributed by atoms with Gasteiger partial charge in [0.15, 0.2) is 0 Å². The molecule has 70 valence electrons. The molecule has 0 rings (SSSR count). The summed E-state index contributed by atoms with van der Waals surface area (Å²) in [4.78, 5) is 20.5. The lowest BCUT2D eigenvalue weighted by atomic mass is 10.2. The van der Waals surface area contributed by atoms with Crippen LogP contribution in [0, 0.1) is 0 Å². The van der Waals surface area contributed by atoms with Crippen molar-refractivity contribution in [1.82, 2.24) is 5.32 Å². The van der Waals surface area contributed by atoms with Crippen LogP contribution in [-0.2, 0) is 9.59 Å². The summed E-state index contributed by atoms with van der Waals surface area (Å²) in [6, 6.07) is 0. The molecule has 0 heterocycles. The molecule has 0 saturated carbocycles. The average molecular weight is 192 g/mol. The third kappa shape index (κ3) is 7.54. The van der Waals surface area contributed by atoms with E-state index in [4.69, 9.17) is 11.6 Å². The molecular weight excluding hydrogens is 178 g/mol. The summed E-state index contributed by atoms with van der Waals surface area (Å²) in [5.74, 6) is -0.110. The van der Waals surface area contributed by atoms with E-state index in [0.29, 0.717) is 13.0 Å². The predicted octanol–water partition coefficient (Wildman–Crippen LogP) is 1.10. The van der Waals surface area contributed by atoms with E-state index < -0.39 is 0 Å². The van der Waals surface area contributed by atoms with Crippen LogP contribution in [0.15, 0.2) is 0 Å². The molecule has 1 N–H and O–H groups in total. The third-order valence-electron chi connectivity index (χ3n) is 1.44. The molecular formula is C8H14ClNO2. The van der Waals surface area contributed by atoms with Gasteiger partial charge in [-0.25, -0.2) is 0 Å². The molecule has 0 fully saturated rings. The van der Waals surface area contributed by atoms with E-state index in [9.17, 15) is 9.59 Å². The van der Waals surface area contributed by atoms with Gasteiger partial charge in [0.1, 0.15) is 12.2 Å². The molecule has 0 unspecified atom stereocenters. The molecule has 0 spiro atoms. The largest absolute Gasteiger partial charge is 0.355 e. The summed E-state index contributed by atoms with van der Waals surface area (Å²) >= 11 is 5.26. The fraction of sp³-hybridized carbons (Fsp3) is 0.750. The Kier molecular flexibility index (Phi) is 8.12. The van der Waals surface area contributed by atoms with Crippen molar-refractivity contribution in [1.29, 1.82) is 0 Å². The van der Waals surface area contributed by atoms with Crippen molar-refractivity contribution < 1.29 is 9.59 Å². The van der Waals surface area contributed by atoms with Crippen LogP contribution in [-0.4, -0.2) is 24.6 Å². The summed E-state index contributed by atoms with van der Waals surface area (Å²) in [5, 5.41) is 2.65.